The molecule has 0 atom stereocenters. The molecule has 0 fully saturated rings. The van der Waals surface area contributed by atoms with E-state index in [0.29, 0.717) is 10.9 Å². The van der Waals surface area contributed by atoms with Gasteiger partial charge in [0.25, 0.3) is 0 Å². The van der Waals surface area contributed by atoms with Crippen molar-refractivity contribution < 1.29 is 0 Å². The van der Waals surface area contributed by atoms with E-state index in [1.54, 1.807) is 0 Å². The Kier molecular flexibility index (Phi) is 4.54. The van der Waals surface area contributed by atoms with E-state index in [-0.39, 0.29) is 5.43 Å². The van der Waals surface area contributed by atoms with Crippen molar-refractivity contribution in [2.75, 3.05) is 0 Å². The van der Waals surface area contributed by atoms with E-state index in [1.807, 2.05) is 60.9 Å². The number of nitrogens with zero attached hydrogens (tertiary/aromatic N) is 1. The summed E-state index contributed by atoms with van der Waals surface area (Å²) in [6.45, 7) is 0.751. The highest BCUT2D eigenvalue weighted by molar-refractivity contribution is 9.10. The van der Waals surface area contributed by atoms with Crippen molar-refractivity contribution in [3.8, 4) is 0 Å². The van der Waals surface area contributed by atoms with Gasteiger partial charge in [-0.3, -0.25) is 4.79 Å². The van der Waals surface area contributed by atoms with Crippen molar-refractivity contribution in [3.63, 3.8) is 0 Å². The number of hydrogen-bond acceptors (Lipinski definition) is 1. The number of rotatable bonds is 4. The Labute approximate surface area is 138 Å². The third-order valence-electron chi connectivity index (χ3n) is 3.55. The van der Waals surface area contributed by atoms with Crippen LogP contribution >= 0.6 is 15.9 Å². The van der Waals surface area contributed by atoms with Crippen LogP contribution in [-0.4, -0.2) is 4.57 Å². The zero-order chi connectivity index (χ0) is 15.4. The molecule has 0 bridgehead atoms. The van der Waals surface area contributed by atoms with Gasteiger partial charge in [-0.05, 0) is 27.1 Å². The standard InChI is InChI=1S/C19H16BrNO/c20-18-14-21(12-16-9-5-2-6-10-16)13-17(19(18)22)11-15-7-3-1-4-8-15/h1-10,13-14H,11-12H2. The molecule has 22 heavy (non-hydrogen) atoms. The molecule has 3 rings (SSSR count). The van der Waals surface area contributed by atoms with Crippen LogP contribution < -0.4 is 5.43 Å². The number of benzene rings is 2. The zero-order valence-corrected chi connectivity index (χ0v) is 13.7. The predicted octanol–water partition coefficient (Wildman–Crippen LogP) is 4.25. The molecule has 0 saturated heterocycles. The molecule has 0 unspecified atom stereocenters. The van der Waals surface area contributed by atoms with Crippen LogP contribution in [0.4, 0.5) is 0 Å². The second kappa shape index (κ2) is 6.75. The molecule has 0 radical (unpaired) electrons. The highest BCUT2D eigenvalue weighted by Crippen LogP contribution is 2.12. The van der Waals surface area contributed by atoms with Crippen LogP contribution in [0, 0.1) is 0 Å². The van der Waals surface area contributed by atoms with Crippen molar-refractivity contribution in [1.82, 2.24) is 4.57 Å². The van der Waals surface area contributed by atoms with Gasteiger partial charge in [0.05, 0.1) is 4.47 Å². The molecule has 1 heterocycles. The molecule has 0 N–H and O–H groups in total. The van der Waals surface area contributed by atoms with E-state index in [4.69, 9.17) is 0 Å². The number of halogens is 1. The molecule has 0 aliphatic carbocycles. The summed E-state index contributed by atoms with van der Waals surface area (Å²) in [5.41, 5.74) is 3.22. The van der Waals surface area contributed by atoms with Crippen LogP contribution in [-0.2, 0) is 13.0 Å². The average molecular weight is 354 g/mol. The lowest BCUT2D eigenvalue weighted by Crippen LogP contribution is -2.15. The normalized spacial score (nSPS) is 10.6. The molecule has 0 amide bonds. The molecule has 110 valence electrons. The van der Waals surface area contributed by atoms with Crippen LogP contribution in [0.25, 0.3) is 0 Å². The first-order valence-corrected chi connectivity index (χ1v) is 7.98. The highest BCUT2D eigenvalue weighted by atomic mass is 79.9. The van der Waals surface area contributed by atoms with E-state index >= 15 is 0 Å². The zero-order valence-electron chi connectivity index (χ0n) is 12.1. The maximum absolute atomic E-state index is 12.3. The van der Waals surface area contributed by atoms with E-state index in [2.05, 4.69) is 32.6 Å². The van der Waals surface area contributed by atoms with Gasteiger partial charge in [-0.2, -0.15) is 0 Å². The first-order chi connectivity index (χ1) is 10.7. The summed E-state index contributed by atoms with van der Waals surface area (Å²) in [7, 11) is 0. The van der Waals surface area contributed by atoms with Gasteiger partial charge in [0.15, 0.2) is 5.43 Å². The topological polar surface area (TPSA) is 22.0 Å². The van der Waals surface area contributed by atoms with Crippen LogP contribution in [0.3, 0.4) is 0 Å². The molecule has 0 aliphatic heterocycles. The Morgan fingerprint density at radius 2 is 1.41 bits per heavy atom. The smallest absolute Gasteiger partial charge is 0.199 e. The van der Waals surface area contributed by atoms with Gasteiger partial charge in [-0.15, -0.1) is 0 Å². The van der Waals surface area contributed by atoms with Crippen molar-refractivity contribution >= 4 is 15.9 Å². The number of hydrogen-bond donors (Lipinski definition) is 0. The summed E-state index contributed by atoms with van der Waals surface area (Å²) >= 11 is 3.39. The van der Waals surface area contributed by atoms with Gasteiger partial charge >= 0.3 is 0 Å². The Morgan fingerprint density at radius 3 is 2.05 bits per heavy atom. The van der Waals surface area contributed by atoms with Crippen LogP contribution in [0.5, 0.6) is 0 Å². The van der Waals surface area contributed by atoms with E-state index in [0.717, 1.165) is 17.7 Å². The van der Waals surface area contributed by atoms with Crippen molar-refractivity contribution in [1.29, 1.82) is 0 Å². The SMILES string of the molecule is O=c1c(Br)cn(Cc2ccccc2)cc1Cc1ccccc1. The first-order valence-electron chi connectivity index (χ1n) is 7.19. The minimum absolute atomic E-state index is 0.0631. The van der Waals surface area contributed by atoms with E-state index in [9.17, 15) is 4.79 Å². The Morgan fingerprint density at radius 1 is 0.818 bits per heavy atom. The third-order valence-corrected chi connectivity index (χ3v) is 4.12. The number of aromatic nitrogens is 1. The fraction of sp³-hybridized carbons (Fsp3) is 0.105. The molecule has 3 aromatic rings. The quantitative estimate of drug-likeness (QED) is 0.687. The van der Waals surface area contributed by atoms with Crippen LogP contribution in [0.1, 0.15) is 16.7 Å². The molecule has 0 aliphatic rings. The van der Waals surface area contributed by atoms with Gasteiger partial charge in [-0.1, -0.05) is 60.7 Å². The monoisotopic (exact) mass is 353 g/mol. The summed E-state index contributed by atoms with van der Waals surface area (Å²) in [6.07, 6.45) is 4.45. The maximum atomic E-state index is 12.3. The van der Waals surface area contributed by atoms with Crippen molar-refractivity contribution in [3.05, 3.63) is 104 Å². The minimum Gasteiger partial charge on any atom is -0.348 e. The molecular weight excluding hydrogens is 338 g/mol. The second-order valence-electron chi connectivity index (χ2n) is 5.28. The average Bonchev–Trinajstić information content (AvgIpc) is 2.54. The fourth-order valence-electron chi connectivity index (χ4n) is 2.48. The number of pyridine rings is 1. The highest BCUT2D eigenvalue weighted by Gasteiger charge is 2.07. The Bertz CT molecular complexity index is 810. The lowest BCUT2D eigenvalue weighted by atomic mass is 10.1. The van der Waals surface area contributed by atoms with Crippen molar-refractivity contribution in [2.45, 2.75) is 13.0 Å². The Hall–Kier alpha value is -2.13. The van der Waals surface area contributed by atoms with Gasteiger partial charge in [0.1, 0.15) is 0 Å². The molecular formula is C19H16BrNO. The summed E-state index contributed by atoms with van der Waals surface area (Å²) < 4.78 is 2.66. The second-order valence-corrected chi connectivity index (χ2v) is 6.14. The summed E-state index contributed by atoms with van der Waals surface area (Å²) in [4.78, 5) is 12.3. The lowest BCUT2D eigenvalue weighted by Gasteiger charge is -2.10. The van der Waals surface area contributed by atoms with Gasteiger partial charge in [0, 0.05) is 30.9 Å². The maximum Gasteiger partial charge on any atom is 0.199 e. The fourth-order valence-corrected chi connectivity index (χ4v) is 3.00. The van der Waals surface area contributed by atoms with Crippen LogP contribution in [0.15, 0.2) is 82.3 Å². The first kappa shape index (κ1) is 14.8. The lowest BCUT2D eigenvalue weighted by molar-refractivity contribution is 0.774. The minimum atomic E-state index is 0.0631. The summed E-state index contributed by atoms with van der Waals surface area (Å²) in [6, 6.07) is 20.3. The molecule has 0 spiro atoms. The van der Waals surface area contributed by atoms with E-state index in [1.165, 1.54) is 5.56 Å². The van der Waals surface area contributed by atoms with Gasteiger partial charge < -0.3 is 4.57 Å². The van der Waals surface area contributed by atoms with Gasteiger partial charge in [0.2, 0.25) is 0 Å². The molecule has 3 heteroatoms. The molecule has 2 aromatic carbocycles. The summed E-state index contributed by atoms with van der Waals surface area (Å²) in [5, 5.41) is 0. The summed E-state index contributed by atoms with van der Waals surface area (Å²) in [5.74, 6) is 0. The molecule has 2 nitrogen and oxygen atoms in total. The Balaban J connectivity index is 1.92. The van der Waals surface area contributed by atoms with Crippen molar-refractivity contribution in [2.24, 2.45) is 0 Å². The van der Waals surface area contributed by atoms with Crippen LogP contribution in [0.2, 0.25) is 0 Å². The molecule has 0 saturated carbocycles. The van der Waals surface area contributed by atoms with Gasteiger partial charge in [-0.25, -0.2) is 0 Å². The predicted molar refractivity (Wildman–Crippen MR) is 93.2 cm³/mol. The van der Waals surface area contributed by atoms with E-state index < -0.39 is 0 Å². The third kappa shape index (κ3) is 3.55. The largest absolute Gasteiger partial charge is 0.348 e. The molecule has 1 aromatic heterocycles.